The van der Waals surface area contributed by atoms with Crippen LogP contribution < -0.4 is 0 Å². The number of rotatable bonds is 7. The minimum absolute atomic E-state index is 0.330. The van der Waals surface area contributed by atoms with Crippen LogP contribution in [0.2, 0.25) is 0 Å². The third kappa shape index (κ3) is 3.15. The third-order valence-electron chi connectivity index (χ3n) is 3.00. The van der Waals surface area contributed by atoms with E-state index < -0.39 is 37.3 Å². The van der Waals surface area contributed by atoms with Gasteiger partial charge in [-0.25, -0.2) is 0 Å². The molecule has 4 N–H and O–H groups in total. The summed E-state index contributed by atoms with van der Waals surface area (Å²) < 4.78 is 10.6. The van der Waals surface area contributed by atoms with E-state index in [1.54, 1.807) is 0 Å². The Hall–Kier alpha value is -0.240. The molecule has 1 rings (SSSR count). The Balaban J connectivity index is 2.56. The molecule has 1 heterocycles. The van der Waals surface area contributed by atoms with Gasteiger partial charge in [0.15, 0.2) is 0 Å². The fourth-order valence-corrected chi connectivity index (χ4v) is 1.90. The van der Waals surface area contributed by atoms with Gasteiger partial charge in [0.2, 0.25) is 5.79 Å². The Labute approximate surface area is 101 Å². The number of aliphatic hydroxyl groups is 4. The van der Waals surface area contributed by atoms with E-state index in [1.165, 1.54) is 0 Å². The first-order chi connectivity index (χ1) is 8.11. The number of hydrogen-bond donors (Lipinski definition) is 4. The molecule has 0 spiro atoms. The lowest BCUT2D eigenvalue weighted by atomic mass is 10.1. The van der Waals surface area contributed by atoms with Crippen LogP contribution in [0.25, 0.3) is 0 Å². The number of hydrogen-bond acceptors (Lipinski definition) is 6. The van der Waals surface area contributed by atoms with Crippen molar-refractivity contribution in [2.24, 2.45) is 0 Å². The van der Waals surface area contributed by atoms with E-state index in [1.807, 2.05) is 6.92 Å². The van der Waals surface area contributed by atoms with Crippen LogP contribution in [0.5, 0.6) is 0 Å². The van der Waals surface area contributed by atoms with Crippen molar-refractivity contribution >= 4 is 0 Å². The fraction of sp³-hybridized carbons (Fsp3) is 1.00. The zero-order valence-corrected chi connectivity index (χ0v) is 10.1. The lowest BCUT2D eigenvalue weighted by Crippen LogP contribution is -2.48. The summed E-state index contributed by atoms with van der Waals surface area (Å²) in [4.78, 5) is 0. The average Bonchev–Trinajstić information content (AvgIpc) is 2.60. The lowest BCUT2D eigenvalue weighted by Gasteiger charge is -2.30. The summed E-state index contributed by atoms with van der Waals surface area (Å²) in [6.45, 7) is 1.39. The third-order valence-corrected chi connectivity index (χ3v) is 3.00. The predicted octanol–water partition coefficient (Wildman–Crippen LogP) is -1.01. The van der Waals surface area contributed by atoms with Gasteiger partial charge in [-0.05, 0) is 6.42 Å². The van der Waals surface area contributed by atoms with Gasteiger partial charge in [0.05, 0.1) is 13.2 Å². The van der Waals surface area contributed by atoms with E-state index in [0.29, 0.717) is 6.61 Å². The first kappa shape index (κ1) is 14.8. The molecule has 0 aliphatic carbocycles. The highest BCUT2D eigenvalue weighted by atomic mass is 16.7. The molecule has 17 heavy (non-hydrogen) atoms. The largest absolute Gasteiger partial charge is 0.394 e. The number of unbranched alkanes of at least 4 members (excludes halogenated alkanes) is 2. The van der Waals surface area contributed by atoms with Crippen molar-refractivity contribution in [2.75, 3.05) is 19.8 Å². The van der Waals surface area contributed by atoms with Gasteiger partial charge < -0.3 is 29.9 Å². The summed E-state index contributed by atoms with van der Waals surface area (Å²) >= 11 is 0. The molecule has 0 aromatic rings. The predicted molar refractivity (Wildman–Crippen MR) is 59.3 cm³/mol. The van der Waals surface area contributed by atoms with Crippen molar-refractivity contribution in [3.63, 3.8) is 0 Å². The molecule has 0 bridgehead atoms. The highest BCUT2D eigenvalue weighted by molar-refractivity contribution is 4.96. The van der Waals surface area contributed by atoms with Crippen LogP contribution in [0.4, 0.5) is 0 Å². The van der Waals surface area contributed by atoms with E-state index in [9.17, 15) is 15.3 Å². The summed E-state index contributed by atoms with van der Waals surface area (Å²) in [6, 6.07) is 0. The van der Waals surface area contributed by atoms with E-state index >= 15 is 0 Å². The molecule has 1 aliphatic rings. The van der Waals surface area contributed by atoms with Crippen LogP contribution in [-0.2, 0) is 9.47 Å². The van der Waals surface area contributed by atoms with Gasteiger partial charge in [-0.3, -0.25) is 0 Å². The second-order valence-corrected chi connectivity index (χ2v) is 4.30. The van der Waals surface area contributed by atoms with Gasteiger partial charge in [0.25, 0.3) is 0 Å². The number of ether oxygens (including phenoxy) is 2. The fourth-order valence-electron chi connectivity index (χ4n) is 1.90. The Morgan fingerprint density at radius 1 is 1.24 bits per heavy atom. The standard InChI is InChI=1S/C11H22O6/c1-2-3-4-5-16-11(7-13)10(15)9(14)8(6-12)17-11/h8-10,12-15H,2-7H2,1H3. The van der Waals surface area contributed by atoms with E-state index in [-0.39, 0.29) is 0 Å². The summed E-state index contributed by atoms with van der Waals surface area (Å²) in [5.41, 5.74) is 0. The van der Waals surface area contributed by atoms with E-state index in [4.69, 9.17) is 14.6 Å². The molecule has 0 aromatic carbocycles. The summed E-state index contributed by atoms with van der Waals surface area (Å²) in [6.07, 6.45) is -0.744. The summed E-state index contributed by atoms with van der Waals surface area (Å²) in [5, 5.41) is 37.6. The summed E-state index contributed by atoms with van der Waals surface area (Å²) in [5.74, 6) is -1.61. The Bertz CT molecular complexity index is 224. The van der Waals surface area contributed by atoms with Gasteiger partial charge in [-0.2, -0.15) is 0 Å². The molecule has 6 heteroatoms. The molecule has 4 atom stereocenters. The Kier molecular flexibility index (Phi) is 5.78. The monoisotopic (exact) mass is 250 g/mol. The van der Waals surface area contributed by atoms with Crippen LogP contribution in [0, 0.1) is 0 Å². The Morgan fingerprint density at radius 2 is 1.94 bits per heavy atom. The molecule has 6 nitrogen and oxygen atoms in total. The molecule has 0 aromatic heterocycles. The first-order valence-electron chi connectivity index (χ1n) is 6.01. The highest BCUT2D eigenvalue weighted by Crippen LogP contribution is 2.32. The molecular formula is C11H22O6. The second kappa shape index (κ2) is 6.63. The first-order valence-corrected chi connectivity index (χ1v) is 6.01. The van der Waals surface area contributed by atoms with Crippen LogP contribution >= 0.6 is 0 Å². The minimum atomic E-state index is -1.61. The van der Waals surface area contributed by atoms with Gasteiger partial charge in [-0.15, -0.1) is 0 Å². The van der Waals surface area contributed by atoms with Gasteiger partial charge in [-0.1, -0.05) is 19.8 Å². The van der Waals surface area contributed by atoms with Gasteiger partial charge in [0.1, 0.15) is 24.9 Å². The van der Waals surface area contributed by atoms with Crippen molar-refractivity contribution in [3.05, 3.63) is 0 Å². The maximum Gasteiger partial charge on any atom is 0.221 e. The molecule has 1 saturated heterocycles. The van der Waals surface area contributed by atoms with E-state index in [0.717, 1.165) is 19.3 Å². The molecule has 1 aliphatic heterocycles. The smallest absolute Gasteiger partial charge is 0.221 e. The van der Waals surface area contributed by atoms with Crippen molar-refractivity contribution in [1.82, 2.24) is 0 Å². The van der Waals surface area contributed by atoms with Crippen molar-refractivity contribution in [1.29, 1.82) is 0 Å². The zero-order valence-electron chi connectivity index (χ0n) is 10.1. The lowest BCUT2D eigenvalue weighted by molar-refractivity contribution is -0.276. The molecular weight excluding hydrogens is 228 g/mol. The molecule has 4 unspecified atom stereocenters. The average molecular weight is 250 g/mol. The van der Waals surface area contributed by atoms with Gasteiger partial charge >= 0.3 is 0 Å². The SMILES string of the molecule is CCCCCOC1(CO)OC(CO)C(O)C1O. The summed E-state index contributed by atoms with van der Waals surface area (Å²) in [7, 11) is 0. The molecule has 102 valence electrons. The topological polar surface area (TPSA) is 99.4 Å². The van der Waals surface area contributed by atoms with Crippen molar-refractivity contribution in [2.45, 2.75) is 50.3 Å². The highest BCUT2D eigenvalue weighted by Gasteiger charge is 2.54. The number of aliphatic hydroxyl groups excluding tert-OH is 4. The maximum atomic E-state index is 9.79. The van der Waals surface area contributed by atoms with Crippen LogP contribution in [0.15, 0.2) is 0 Å². The zero-order chi connectivity index (χ0) is 12.9. The Morgan fingerprint density at radius 3 is 2.41 bits per heavy atom. The minimum Gasteiger partial charge on any atom is -0.394 e. The molecule has 0 amide bonds. The molecule has 0 radical (unpaired) electrons. The normalized spacial score (nSPS) is 37.6. The van der Waals surface area contributed by atoms with Crippen LogP contribution in [0.1, 0.15) is 26.2 Å². The van der Waals surface area contributed by atoms with Gasteiger partial charge in [0, 0.05) is 0 Å². The van der Waals surface area contributed by atoms with Crippen molar-refractivity contribution < 1.29 is 29.9 Å². The quantitative estimate of drug-likeness (QED) is 0.432. The molecule has 1 fully saturated rings. The maximum absolute atomic E-state index is 9.79. The van der Waals surface area contributed by atoms with Crippen LogP contribution in [0.3, 0.4) is 0 Å². The molecule has 0 saturated carbocycles. The van der Waals surface area contributed by atoms with Crippen LogP contribution in [-0.4, -0.2) is 64.3 Å². The second-order valence-electron chi connectivity index (χ2n) is 4.30. The van der Waals surface area contributed by atoms with E-state index in [2.05, 4.69) is 0 Å². The van der Waals surface area contributed by atoms with Crippen molar-refractivity contribution in [3.8, 4) is 0 Å².